The molecule has 0 atom stereocenters. The maximum Gasteiger partial charge on any atom is 0.254 e. The lowest BCUT2D eigenvalue weighted by Gasteiger charge is -2.26. The Balaban J connectivity index is 2.20. The third-order valence-electron chi connectivity index (χ3n) is 4.25. The summed E-state index contributed by atoms with van der Waals surface area (Å²) >= 11 is 0. The Kier molecular flexibility index (Phi) is 6.18. The van der Waals surface area contributed by atoms with Crippen LogP contribution in [-0.2, 0) is 14.8 Å². The van der Waals surface area contributed by atoms with E-state index in [1.165, 1.54) is 33.3 Å². The summed E-state index contributed by atoms with van der Waals surface area (Å²) in [6.45, 7) is 0.963. The molecule has 8 heteroatoms. The van der Waals surface area contributed by atoms with Crippen LogP contribution in [0.25, 0.3) is 0 Å². The van der Waals surface area contributed by atoms with Crippen LogP contribution < -0.4 is 0 Å². The molecule has 138 valence electrons. The second-order valence-electron chi connectivity index (χ2n) is 6.44. The molecular weight excluding hydrogens is 342 g/mol. The Morgan fingerprint density at radius 1 is 1.08 bits per heavy atom. The van der Waals surface area contributed by atoms with Crippen LogP contribution in [0.5, 0.6) is 0 Å². The zero-order valence-corrected chi connectivity index (χ0v) is 15.8. The van der Waals surface area contributed by atoms with Crippen LogP contribution in [-0.4, -0.2) is 75.1 Å². The first-order valence-electron chi connectivity index (χ1n) is 8.29. The molecule has 0 aromatic heterocycles. The normalized spacial score (nSPS) is 15.6. The van der Waals surface area contributed by atoms with Crippen LogP contribution in [0.2, 0.25) is 0 Å². The van der Waals surface area contributed by atoms with E-state index in [0.717, 1.165) is 19.3 Å². The summed E-state index contributed by atoms with van der Waals surface area (Å²) in [5.74, 6) is -0.584. The van der Waals surface area contributed by atoms with E-state index >= 15 is 0 Å². The number of carbonyl (C=O) groups is 2. The summed E-state index contributed by atoms with van der Waals surface area (Å²) in [5.41, 5.74) is 0.257. The van der Waals surface area contributed by atoms with E-state index in [9.17, 15) is 18.0 Å². The van der Waals surface area contributed by atoms with Gasteiger partial charge in [-0.3, -0.25) is 9.59 Å². The van der Waals surface area contributed by atoms with Gasteiger partial charge in [-0.15, -0.1) is 0 Å². The van der Waals surface area contributed by atoms with Crippen LogP contribution in [0, 0.1) is 0 Å². The summed E-state index contributed by atoms with van der Waals surface area (Å²) in [6.07, 6.45) is 2.75. The Bertz CT molecular complexity index is 740. The molecule has 1 aliphatic heterocycles. The number of amides is 2. The summed E-state index contributed by atoms with van der Waals surface area (Å²) in [7, 11) is 1.17. The van der Waals surface area contributed by atoms with Crippen LogP contribution in [0.1, 0.15) is 29.6 Å². The highest BCUT2D eigenvalue weighted by Crippen LogP contribution is 2.21. The van der Waals surface area contributed by atoms with Crippen LogP contribution >= 0.6 is 0 Å². The lowest BCUT2D eigenvalue weighted by Crippen LogP contribution is -2.38. The molecule has 25 heavy (non-hydrogen) atoms. The molecule has 0 bridgehead atoms. The van der Waals surface area contributed by atoms with Crippen molar-refractivity contribution in [1.29, 1.82) is 0 Å². The Labute approximate surface area is 149 Å². The number of hydrogen-bond donors (Lipinski definition) is 0. The number of sulfonamides is 1. The van der Waals surface area contributed by atoms with Gasteiger partial charge in [-0.1, -0.05) is 12.5 Å². The van der Waals surface area contributed by atoms with Crippen molar-refractivity contribution in [2.24, 2.45) is 0 Å². The second kappa shape index (κ2) is 7.97. The molecular formula is C17H25N3O4S. The van der Waals surface area contributed by atoms with Crippen LogP contribution in [0.3, 0.4) is 0 Å². The first-order chi connectivity index (χ1) is 11.7. The molecule has 1 saturated heterocycles. The molecule has 1 fully saturated rings. The van der Waals surface area contributed by atoms with Crippen LogP contribution in [0.15, 0.2) is 29.2 Å². The minimum atomic E-state index is -3.59. The molecule has 1 aromatic carbocycles. The van der Waals surface area contributed by atoms with Gasteiger partial charge in [-0.05, 0) is 31.0 Å². The lowest BCUT2D eigenvalue weighted by atomic mass is 10.2. The summed E-state index contributed by atoms with van der Waals surface area (Å²) < 4.78 is 27.0. The molecule has 1 aliphatic rings. The molecule has 0 radical (unpaired) electrons. The third-order valence-corrected chi connectivity index (χ3v) is 6.15. The molecule has 2 rings (SSSR count). The van der Waals surface area contributed by atoms with Crippen molar-refractivity contribution in [3.8, 4) is 0 Å². The molecule has 2 amide bonds. The first kappa shape index (κ1) is 19.4. The quantitative estimate of drug-likeness (QED) is 0.778. The first-order valence-corrected chi connectivity index (χ1v) is 9.73. The van der Waals surface area contributed by atoms with E-state index in [1.807, 2.05) is 0 Å². The summed E-state index contributed by atoms with van der Waals surface area (Å²) in [5, 5.41) is 0. The van der Waals surface area contributed by atoms with Crippen molar-refractivity contribution in [1.82, 2.24) is 14.1 Å². The fourth-order valence-corrected chi connectivity index (χ4v) is 4.24. The van der Waals surface area contributed by atoms with Crippen molar-refractivity contribution in [3.63, 3.8) is 0 Å². The minimum absolute atomic E-state index is 0.0606. The zero-order valence-electron chi connectivity index (χ0n) is 14.9. The standard InChI is InChI=1S/C17H25N3O4S/c1-18(2)16(21)13-19(3)17(22)14-8-7-9-15(12-14)25(23,24)20-10-5-4-6-11-20/h7-9,12H,4-6,10-11,13H2,1-3H3. The van der Waals surface area contributed by atoms with E-state index < -0.39 is 10.0 Å². The van der Waals surface area contributed by atoms with Gasteiger partial charge in [-0.25, -0.2) is 8.42 Å². The largest absolute Gasteiger partial charge is 0.347 e. The average Bonchev–Trinajstić information content (AvgIpc) is 2.61. The fourth-order valence-electron chi connectivity index (χ4n) is 2.68. The van der Waals surface area contributed by atoms with Crippen molar-refractivity contribution in [3.05, 3.63) is 29.8 Å². The van der Waals surface area contributed by atoms with E-state index in [4.69, 9.17) is 0 Å². The van der Waals surface area contributed by atoms with E-state index in [1.54, 1.807) is 26.2 Å². The number of piperidine rings is 1. The Morgan fingerprint density at radius 2 is 1.72 bits per heavy atom. The molecule has 0 saturated carbocycles. The van der Waals surface area contributed by atoms with Gasteiger partial charge in [-0.2, -0.15) is 4.31 Å². The Hall–Kier alpha value is -1.93. The van der Waals surface area contributed by atoms with Gasteiger partial charge in [0.2, 0.25) is 15.9 Å². The maximum atomic E-state index is 12.7. The highest BCUT2D eigenvalue weighted by molar-refractivity contribution is 7.89. The monoisotopic (exact) mass is 367 g/mol. The van der Waals surface area contributed by atoms with Gasteiger partial charge in [0.05, 0.1) is 11.4 Å². The minimum Gasteiger partial charge on any atom is -0.347 e. The van der Waals surface area contributed by atoms with Gasteiger partial charge in [0.1, 0.15) is 0 Å². The van der Waals surface area contributed by atoms with E-state index in [2.05, 4.69) is 0 Å². The number of nitrogens with zero attached hydrogens (tertiary/aromatic N) is 3. The number of rotatable bonds is 5. The molecule has 1 aromatic rings. The summed E-state index contributed by atoms with van der Waals surface area (Å²) in [4.78, 5) is 27.1. The fraction of sp³-hybridized carbons (Fsp3) is 0.529. The molecule has 0 unspecified atom stereocenters. The molecule has 7 nitrogen and oxygen atoms in total. The van der Waals surface area contributed by atoms with Crippen molar-refractivity contribution < 1.29 is 18.0 Å². The predicted octanol–water partition coefficient (Wildman–Crippen LogP) is 1.02. The molecule has 0 N–H and O–H groups in total. The highest BCUT2D eigenvalue weighted by atomic mass is 32.2. The van der Waals surface area contributed by atoms with Gasteiger partial charge >= 0.3 is 0 Å². The highest BCUT2D eigenvalue weighted by Gasteiger charge is 2.27. The molecule has 1 heterocycles. The topological polar surface area (TPSA) is 78.0 Å². The van der Waals surface area contributed by atoms with Gasteiger partial charge < -0.3 is 9.80 Å². The summed E-state index contributed by atoms with van der Waals surface area (Å²) in [6, 6.07) is 6.02. The van der Waals surface area contributed by atoms with Gasteiger partial charge in [0.15, 0.2) is 0 Å². The number of likely N-dealkylation sites (N-methyl/N-ethyl adjacent to an activating group) is 2. The average molecular weight is 367 g/mol. The zero-order chi connectivity index (χ0) is 18.6. The maximum absolute atomic E-state index is 12.7. The van der Waals surface area contributed by atoms with Crippen LogP contribution in [0.4, 0.5) is 0 Å². The van der Waals surface area contributed by atoms with Gasteiger partial charge in [0.25, 0.3) is 5.91 Å². The lowest BCUT2D eigenvalue weighted by molar-refractivity contribution is -0.129. The number of carbonyl (C=O) groups excluding carboxylic acids is 2. The molecule has 0 aliphatic carbocycles. The van der Waals surface area contributed by atoms with E-state index in [-0.39, 0.29) is 28.8 Å². The molecule has 0 spiro atoms. The van der Waals surface area contributed by atoms with Crippen molar-refractivity contribution in [2.75, 3.05) is 40.8 Å². The number of hydrogen-bond acceptors (Lipinski definition) is 4. The SMILES string of the molecule is CN(C)C(=O)CN(C)C(=O)c1cccc(S(=O)(=O)N2CCCCC2)c1. The predicted molar refractivity (Wildman–Crippen MR) is 94.7 cm³/mol. The Morgan fingerprint density at radius 3 is 2.32 bits per heavy atom. The second-order valence-corrected chi connectivity index (χ2v) is 8.38. The number of benzene rings is 1. The van der Waals surface area contributed by atoms with Crippen molar-refractivity contribution in [2.45, 2.75) is 24.2 Å². The van der Waals surface area contributed by atoms with Crippen molar-refractivity contribution >= 4 is 21.8 Å². The smallest absolute Gasteiger partial charge is 0.254 e. The third kappa shape index (κ3) is 4.58. The van der Waals surface area contributed by atoms with E-state index in [0.29, 0.717) is 13.1 Å². The van der Waals surface area contributed by atoms with Gasteiger partial charge in [0, 0.05) is 39.8 Å².